The number of benzene rings is 2. The third-order valence-electron chi connectivity index (χ3n) is 4.89. The lowest BCUT2D eigenvalue weighted by molar-refractivity contribution is -0.163. The molecule has 0 N–H and O–H groups in total. The van der Waals surface area contributed by atoms with Crippen molar-refractivity contribution in [2.75, 3.05) is 0 Å². The van der Waals surface area contributed by atoms with Crippen molar-refractivity contribution in [1.29, 1.82) is 0 Å². The lowest BCUT2D eigenvalue weighted by Crippen LogP contribution is -2.43. The number of carbonyl (C=O) groups excluding carboxylic acids is 2. The van der Waals surface area contributed by atoms with Gasteiger partial charge in [-0.3, -0.25) is 9.59 Å². The summed E-state index contributed by atoms with van der Waals surface area (Å²) in [5.74, 6) is -0.435. The van der Waals surface area contributed by atoms with Crippen LogP contribution in [0.5, 0.6) is 0 Å². The van der Waals surface area contributed by atoms with E-state index in [1.54, 1.807) is 30.7 Å². The molecule has 136 valence electrons. The second-order valence-electron chi connectivity index (χ2n) is 7.75. The van der Waals surface area contributed by atoms with Crippen LogP contribution in [-0.2, 0) is 15.1 Å². The zero-order chi connectivity index (χ0) is 19.2. The largest absolute Gasteiger partial charge is 0.472 e. The smallest absolute Gasteiger partial charge is 0.312 e. The highest BCUT2D eigenvalue weighted by Gasteiger charge is 2.50. The molecule has 1 aliphatic carbocycles. The van der Waals surface area contributed by atoms with E-state index in [-0.39, 0.29) is 11.8 Å². The highest BCUT2D eigenvalue weighted by Crippen LogP contribution is 2.48. The molecule has 0 aliphatic heterocycles. The van der Waals surface area contributed by atoms with Gasteiger partial charge in [0.1, 0.15) is 0 Å². The summed E-state index contributed by atoms with van der Waals surface area (Å²) >= 11 is 0. The summed E-state index contributed by atoms with van der Waals surface area (Å²) in [6, 6.07) is 16.3. The van der Waals surface area contributed by atoms with Crippen molar-refractivity contribution in [1.82, 2.24) is 0 Å². The number of rotatable bonds is 2. The zero-order valence-corrected chi connectivity index (χ0v) is 15.5. The molecule has 0 radical (unpaired) electrons. The Labute approximate surface area is 157 Å². The van der Waals surface area contributed by atoms with Gasteiger partial charge in [0.2, 0.25) is 0 Å². The highest BCUT2D eigenvalue weighted by molar-refractivity contribution is 6.13. The van der Waals surface area contributed by atoms with Gasteiger partial charge in [0.15, 0.2) is 11.4 Å². The number of ether oxygens (including phenoxy) is 1. The lowest BCUT2D eigenvalue weighted by Gasteiger charge is -2.40. The standard InChI is InChI=1S/C23H20O4/c1-22(2,3)21(25)27-23(15-12-13-26-14-15)18-10-6-4-8-16(18)20(24)17-9-5-7-11-19(17)23/h4-14H,1-3H3. The van der Waals surface area contributed by atoms with E-state index in [0.717, 1.165) is 0 Å². The first-order chi connectivity index (χ1) is 12.9. The van der Waals surface area contributed by atoms with Gasteiger partial charge in [0.05, 0.1) is 17.9 Å². The van der Waals surface area contributed by atoms with Gasteiger partial charge in [-0.1, -0.05) is 48.5 Å². The van der Waals surface area contributed by atoms with E-state index < -0.39 is 11.0 Å². The second kappa shape index (κ2) is 5.95. The third-order valence-corrected chi connectivity index (χ3v) is 4.89. The molecule has 4 rings (SSSR count). The molecule has 27 heavy (non-hydrogen) atoms. The van der Waals surface area contributed by atoms with Crippen LogP contribution in [0.15, 0.2) is 71.5 Å². The lowest BCUT2D eigenvalue weighted by atomic mass is 9.71. The average molecular weight is 360 g/mol. The van der Waals surface area contributed by atoms with Gasteiger partial charge >= 0.3 is 5.97 Å². The molecule has 0 spiro atoms. The fraction of sp³-hybridized carbons (Fsp3) is 0.217. The van der Waals surface area contributed by atoms with E-state index in [1.807, 2.05) is 57.2 Å². The van der Waals surface area contributed by atoms with Crippen molar-refractivity contribution in [2.45, 2.75) is 26.4 Å². The Morgan fingerprint density at radius 3 is 1.96 bits per heavy atom. The Kier molecular flexibility index (Phi) is 3.81. The molecule has 0 unspecified atom stereocenters. The monoisotopic (exact) mass is 360 g/mol. The van der Waals surface area contributed by atoms with Crippen LogP contribution in [0.2, 0.25) is 0 Å². The molecule has 1 heterocycles. The van der Waals surface area contributed by atoms with Crippen LogP contribution in [0.3, 0.4) is 0 Å². The minimum atomic E-state index is -1.24. The second-order valence-corrected chi connectivity index (χ2v) is 7.75. The van der Waals surface area contributed by atoms with Crippen LogP contribution in [0.25, 0.3) is 0 Å². The molecule has 0 bridgehead atoms. The third kappa shape index (κ3) is 2.52. The number of hydrogen-bond donors (Lipinski definition) is 0. The van der Waals surface area contributed by atoms with E-state index in [0.29, 0.717) is 27.8 Å². The first kappa shape index (κ1) is 17.3. The van der Waals surface area contributed by atoms with E-state index in [9.17, 15) is 9.59 Å². The van der Waals surface area contributed by atoms with Crippen LogP contribution in [0.1, 0.15) is 53.4 Å². The molecule has 0 atom stereocenters. The molecular weight excluding hydrogens is 340 g/mol. The Morgan fingerprint density at radius 2 is 1.48 bits per heavy atom. The van der Waals surface area contributed by atoms with Crippen molar-refractivity contribution in [3.8, 4) is 0 Å². The maximum absolute atomic E-state index is 13.1. The molecule has 0 saturated carbocycles. The van der Waals surface area contributed by atoms with Gasteiger partial charge < -0.3 is 9.15 Å². The number of esters is 1. The van der Waals surface area contributed by atoms with Crippen molar-refractivity contribution < 1.29 is 18.7 Å². The van der Waals surface area contributed by atoms with Gasteiger partial charge in [-0.05, 0) is 26.8 Å². The summed E-state index contributed by atoms with van der Waals surface area (Å²) in [4.78, 5) is 26.1. The summed E-state index contributed by atoms with van der Waals surface area (Å²) < 4.78 is 11.6. The van der Waals surface area contributed by atoms with E-state index in [4.69, 9.17) is 9.15 Å². The molecule has 0 amide bonds. The van der Waals surface area contributed by atoms with Crippen LogP contribution in [0.4, 0.5) is 0 Å². The molecule has 3 aromatic rings. The Morgan fingerprint density at radius 1 is 0.926 bits per heavy atom. The van der Waals surface area contributed by atoms with Crippen LogP contribution >= 0.6 is 0 Å². The van der Waals surface area contributed by atoms with Crippen LogP contribution in [0, 0.1) is 5.41 Å². The molecule has 4 heteroatoms. The first-order valence-electron chi connectivity index (χ1n) is 8.85. The molecule has 2 aromatic carbocycles. The topological polar surface area (TPSA) is 56.5 Å². The summed E-state index contributed by atoms with van der Waals surface area (Å²) in [5, 5.41) is 0. The summed E-state index contributed by atoms with van der Waals surface area (Å²) in [6.45, 7) is 5.43. The van der Waals surface area contributed by atoms with E-state index >= 15 is 0 Å². The van der Waals surface area contributed by atoms with Gasteiger partial charge in [0.25, 0.3) is 0 Å². The van der Waals surface area contributed by atoms with Gasteiger partial charge in [0, 0.05) is 27.8 Å². The Balaban J connectivity index is 2.08. The fourth-order valence-corrected chi connectivity index (χ4v) is 3.50. The molecular formula is C23H20O4. The van der Waals surface area contributed by atoms with Crippen molar-refractivity contribution in [3.05, 3.63) is 94.9 Å². The van der Waals surface area contributed by atoms with Crippen molar-refractivity contribution in [2.24, 2.45) is 5.41 Å². The Bertz CT molecular complexity index is 973. The summed E-state index contributed by atoms with van der Waals surface area (Å²) in [5.41, 5.74) is 1.08. The summed E-state index contributed by atoms with van der Waals surface area (Å²) in [6.07, 6.45) is 3.11. The molecule has 1 aliphatic rings. The number of hydrogen-bond acceptors (Lipinski definition) is 4. The molecule has 1 aromatic heterocycles. The van der Waals surface area contributed by atoms with Gasteiger partial charge in [-0.2, -0.15) is 0 Å². The summed E-state index contributed by atoms with van der Waals surface area (Å²) in [7, 11) is 0. The Hall–Kier alpha value is -3.14. The van der Waals surface area contributed by atoms with Gasteiger partial charge in [-0.25, -0.2) is 0 Å². The van der Waals surface area contributed by atoms with E-state index in [1.165, 1.54) is 0 Å². The van der Waals surface area contributed by atoms with E-state index in [2.05, 4.69) is 0 Å². The predicted molar refractivity (Wildman–Crippen MR) is 100 cm³/mol. The normalized spacial score (nSPS) is 15.0. The molecule has 4 nitrogen and oxygen atoms in total. The number of fused-ring (bicyclic) bond motifs is 2. The maximum Gasteiger partial charge on any atom is 0.312 e. The van der Waals surface area contributed by atoms with Crippen molar-refractivity contribution >= 4 is 11.8 Å². The fourth-order valence-electron chi connectivity index (χ4n) is 3.50. The SMILES string of the molecule is CC(C)(C)C(=O)OC1(c2ccoc2)c2ccccc2C(=O)c2ccccc21. The number of furan rings is 1. The first-order valence-corrected chi connectivity index (χ1v) is 8.85. The quantitative estimate of drug-likeness (QED) is 0.621. The molecule has 0 fully saturated rings. The minimum Gasteiger partial charge on any atom is -0.472 e. The van der Waals surface area contributed by atoms with Crippen molar-refractivity contribution in [3.63, 3.8) is 0 Å². The average Bonchev–Trinajstić information content (AvgIpc) is 3.19. The zero-order valence-electron chi connectivity index (χ0n) is 15.5. The number of carbonyl (C=O) groups is 2. The van der Waals surface area contributed by atoms with Crippen LogP contribution < -0.4 is 0 Å². The minimum absolute atomic E-state index is 0.0767. The maximum atomic E-state index is 13.1. The van der Waals surface area contributed by atoms with Crippen LogP contribution in [-0.4, -0.2) is 11.8 Å². The van der Waals surface area contributed by atoms with Gasteiger partial charge in [-0.15, -0.1) is 0 Å². The molecule has 0 saturated heterocycles. The predicted octanol–water partition coefficient (Wildman–Crippen LogP) is 4.71. The highest BCUT2D eigenvalue weighted by atomic mass is 16.6. The number of ketones is 1.